The molecule has 3 atom stereocenters. The van der Waals surface area contributed by atoms with Crippen LogP contribution in [-0.4, -0.2) is 81.0 Å². The molecular formula is C21H34N4O2S. The Bertz CT molecular complexity index is 645. The van der Waals surface area contributed by atoms with Crippen molar-refractivity contribution in [3.63, 3.8) is 0 Å². The zero-order chi connectivity index (χ0) is 19.4. The van der Waals surface area contributed by atoms with Crippen LogP contribution in [0.4, 0.5) is 0 Å². The molecule has 1 aromatic heterocycles. The van der Waals surface area contributed by atoms with E-state index in [1.54, 1.807) is 0 Å². The van der Waals surface area contributed by atoms with Gasteiger partial charge in [0.1, 0.15) is 0 Å². The van der Waals surface area contributed by atoms with Crippen LogP contribution in [0.5, 0.6) is 0 Å². The number of thiophene rings is 1. The Morgan fingerprint density at radius 3 is 3.04 bits per heavy atom. The van der Waals surface area contributed by atoms with Gasteiger partial charge in [-0.05, 0) is 38.1 Å². The summed E-state index contributed by atoms with van der Waals surface area (Å²) in [4.78, 5) is 11.5. The largest absolute Gasteiger partial charge is 0.381 e. The van der Waals surface area contributed by atoms with Crippen LogP contribution >= 0.6 is 11.3 Å². The Labute approximate surface area is 172 Å². The van der Waals surface area contributed by atoms with Crippen LogP contribution in [0.2, 0.25) is 0 Å². The van der Waals surface area contributed by atoms with Gasteiger partial charge in [-0.25, -0.2) is 0 Å². The topological polar surface area (TPSA) is 49.3 Å². The summed E-state index contributed by atoms with van der Waals surface area (Å²) in [7, 11) is 0. The summed E-state index contributed by atoms with van der Waals surface area (Å²) in [5.74, 6) is 1.06. The minimum Gasteiger partial charge on any atom is -0.381 e. The molecule has 3 unspecified atom stereocenters. The lowest BCUT2D eigenvalue weighted by molar-refractivity contribution is -0.0327. The standard InChI is InChI=1S/C21H34N4O2S/c1-3-22-20(25-8-6-21(15-25)7-10-26-16-21)23-13-18(19-5-4-12-28-19)24-9-11-27-17(2)14-24/h4-5,12,17-18H,3,6-11,13-16H2,1-2H3,(H,22,23). The van der Waals surface area contributed by atoms with Gasteiger partial charge in [0, 0.05) is 49.6 Å². The van der Waals surface area contributed by atoms with Crippen LogP contribution in [0.1, 0.15) is 37.6 Å². The predicted molar refractivity (Wildman–Crippen MR) is 114 cm³/mol. The summed E-state index contributed by atoms with van der Waals surface area (Å²) in [5.41, 5.74) is 0.350. The van der Waals surface area contributed by atoms with Crippen molar-refractivity contribution in [2.45, 2.75) is 38.8 Å². The molecule has 156 valence electrons. The number of morpholine rings is 1. The molecule has 0 radical (unpaired) electrons. The number of hydrogen-bond donors (Lipinski definition) is 1. The van der Waals surface area contributed by atoms with Crippen molar-refractivity contribution in [2.75, 3.05) is 59.1 Å². The fraction of sp³-hybridized carbons (Fsp3) is 0.762. The van der Waals surface area contributed by atoms with Gasteiger partial charge < -0.3 is 19.7 Å². The minimum atomic E-state index is 0.286. The van der Waals surface area contributed by atoms with Gasteiger partial charge >= 0.3 is 0 Å². The zero-order valence-corrected chi connectivity index (χ0v) is 18.0. The van der Waals surface area contributed by atoms with E-state index in [4.69, 9.17) is 14.5 Å². The molecule has 3 aliphatic rings. The normalized spacial score (nSPS) is 30.3. The maximum absolute atomic E-state index is 5.77. The molecule has 1 aromatic rings. The summed E-state index contributed by atoms with van der Waals surface area (Å²) >= 11 is 1.84. The van der Waals surface area contributed by atoms with E-state index >= 15 is 0 Å². The fourth-order valence-electron chi connectivity index (χ4n) is 4.68. The summed E-state index contributed by atoms with van der Waals surface area (Å²) in [6.07, 6.45) is 2.69. The highest BCUT2D eigenvalue weighted by Crippen LogP contribution is 2.38. The third kappa shape index (κ3) is 4.53. The second kappa shape index (κ2) is 9.11. The molecule has 1 spiro atoms. The van der Waals surface area contributed by atoms with Crippen molar-refractivity contribution in [1.29, 1.82) is 0 Å². The quantitative estimate of drug-likeness (QED) is 0.602. The molecule has 3 saturated heterocycles. The van der Waals surface area contributed by atoms with Gasteiger partial charge in [0.05, 0.1) is 31.9 Å². The Kier molecular flexibility index (Phi) is 6.55. The van der Waals surface area contributed by atoms with E-state index in [9.17, 15) is 0 Å². The van der Waals surface area contributed by atoms with Crippen LogP contribution in [0, 0.1) is 5.41 Å². The third-order valence-corrected chi connectivity index (χ3v) is 7.23. The number of aliphatic imine (C=N–C) groups is 1. The third-order valence-electron chi connectivity index (χ3n) is 6.26. The number of hydrogen-bond acceptors (Lipinski definition) is 5. The van der Waals surface area contributed by atoms with Crippen LogP contribution in [0.3, 0.4) is 0 Å². The summed E-state index contributed by atoms with van der Waals surface area (Å²) < 4.78 is 11.5. The lowest BCUT2D eigenvalue weighted by atomic mass is 9.87. The van der Waals surface area contributed by atoms with Crippen molar-refractivity contribution in [2.24, 2.45) is 10.4 Å². The second-order valence-corrected chi connectivity index (χ2v) is 9.36. The predicted octanol–water partition coefficient (Wildman–Crippen LogP) is 2.59. The molecule has 28 heavy (non-hydrogen) atoms. The van der Waals surface area contributed by atoms with Crippen LogP contribution in [0.25, 0.3) is 0 Å². The number of guanidine groups is 1. The van der Waals surface area contributed by atoms with E-state index in [-0.39, 0.29) is 6.10 Å². The lowest BCUT2D eigenvalue weighted by Gasteiger charge is -2.36. The van der Waals surface area contributed by atoms with Gasteiger partial charge in [-0.3, -0.25) is 9.89 Å². The summed E-state index contributed by atoms with van der Waals surface area (Å²) in [5, 5.41) is 5.71. The van der Waals surface area contributed by atoms with E-state index in [0.717, 1.165) is 65.0 Å². The average molecular weight is 407 g/mol. The smallest absolute Gasteiger partial charge is 0.194 e. The fourth-order valence-corrected chi connectivity index (χ4v) is 5.53. The van der Waals surface area contributed by atoms with Crippen molar-refractivity contribution in [3.05, 3.63) is 22.4 Å². The first kappa shape index (κ1) is 20.1. The van der Waals surface area contributed by atoms with E-state index in [1.807, 2.05) is 11.3 Å². The molecule has 7 heteroatoms. The zero-order valence-electron chi connectivity index (χ0n) is 17.2. The Morgan fingerprint density at radius 1 is 1.39 bits per heavy atom. The van der Waals surface area contributed by atoms with Crippen LogP contribution in [-0.2, 0) is 9.47 Å². The van der Waals surface area contributed by atoms with Crippen molar-refractivity contribution in [3.8, 4) is 0 Å². The maximum Gasteiger partial charge on any atom is 0.194 e. The van der Waals surface area contributed by atoms with Gasteiger partial charge in [0.2, 0.25) is 0 Å². The molecule has 0 aliphatic carbocycles. The van der Waals surface area contributed by atoms with Gasteiger partial charge in [0.15, 0.2) is 5.96 Å². The molecular weight excluding hydrogens is 372 g/mol. The molecule has 4 rings (SSSR count). The average Bonchev–Trinajstić information content (AvgIpc) is 3.45. The molecule has 0 aromatic carbocycles. The molecule has 0 bridgehead atoms. The molecule has 0 saturated carbocycles. The van der Waals surface area contributed by atoms with E-state index in [0.29, 0.717) is 11.5 Å². The Balaban J connectivity index is 1.48. The molecule has 1 N–H and O–H groups in total. The van der Waals surface area contributed by atoms with E-state index in [1.165, 1.54) is 17.7 Å². The molecule has 6 nitrogen and oxygen atoms in total. The molecule has 3 aliphatic heterocycles. The number of nitrogens with one attached hydrogen (secondary N) is 1. The second-order valence-electron chi connectivity index (χ2n) is 8.38. The first-order chi connectivity index (χ1) is 13.7. The minimum absolute atomic E-state index is 0.286. The van der Waals surface area contributed by atoms with Gasteiger partial charge in [-0.1, -0.05) is 6.07 Å². The van der Waals surface area contributed by atoms with Crippen molar-refractivity contribution >= 4 is 17.3 Å². The number of rotatable bonds is 5. The van der Waals surface area contributed by atoms with Gasteiger partial charge in [0.25, 0.3) is 0 Å². The molecule has 0 amide bonds. The number of likely N-dealkylation sites (tertiary alicyclic amines) is 1. The van der Waals surface area contributed by atoms with Crippen LogP contribution < -0.4 is 5.32 Å². The first-order valence-corrected chi connectivity index (χ1v) is 11.6. The SMILES string of the molecule is CCNC(=NCC(c1cccs1)N1CCOC(C)C1)N1CCC2(CCOC2)C1. The first-order valence-electron chi connectivity index (χ1n) is 10.7. The Morgan fingerprint density at radius 2 is 2.32 bits per heavy atom. The van der Waals surface area contributed by atoms with Crippen molar-refractivity contribution < 1.29 is 9.47 Å². The van der Waals surface area contributed by atoms with E-state index < -0.39 is 0 Å². The van der Waals surface area contributed by atoms with Gasteiger partial charge in [-0.2, -0.15) is 0 Å². The highest BCUT2D eigenvalue weighted by Gasteiger charge is 2.42. The highest BCUT2D eigenvalue weighted by molar-refractivity contribution is 7.10. The number of nitrogens with zero attached hydrogens (tertiary/aromatic N) is 3. The monoisotopic (exact) mass is 406 g/mol. The summed E-state index contributed by atoms with van der Waals surface area (Å²) in [6.45, 7) is 12.7. The molecule has 3 fully saturated rings. The maximum atomic E-state index is 5.77. The van der Waals surface area contributed by atoms with Crippen LogP contribution in [0.15, 0.2) is 22.5 Å². The van der Waals surface area contributed by atoms with Crippen molar-refractivity contribution in [1.82, 2.24) is 15.1 Å². The molecule has 4 heterocycles. The highest BCUT2D eigenvalue weighted by atomic mass is 32.1. The Hall–Kier alpha value is -1.15. The lowest BCUT2D eigenvalue weighted by Crippen LogP contribution is -2.45. The summed E-state index contributed by atoms with van der Waals surface area (Å²) in [6, 6.07) is 4.72. The number of ether oxygens (including phenoxy) is 2. The van der Waals surface area contributed by atoms with E-state index in [2.05, 4.69) is 46.5 Å². The van der Waals surface area contributed by atoms with Gasteiger partial charge in [-0.15, -0.1) is 11.3 Å².